The summed E-state index contributed by atoms with van der Waals surface area (Å²) in [5, 5.41) is 9.13. The monoisotopic (exact) mass is 263 g/mol. The normalized spacial score (nSPS) is 10.8. The van der Waals surface area contributed by atoms with Gasteiger partial charge in [-0.1, -0.05) is 37.3 Å². The maximum Gasteiger partial charge on any atom is 0.203 e. The molecular weight excluding hydrogens is 246 g/mol. The molecule has 0 aliphatic rings. The first-order valence-electron chi connectivity index (χ1n) is 5.96. The van der Waals surface area contributed by atoms with E-state index in [0.29, 0.717) is 17.7 Å². The molecule has 0 saturated carbocycles. The second-order valence-electron chi connectivity index (χ2n) is 4.36. The van der Waals surface area contributed by atoms with Crippen LogP contribution in [0.25, 0.3) is 0 Å². The van der Waals surface area contributed by atoms with E-state index < -0.39 is 0 Å². The van der Waals surface area contributed by atoms with Gasteiger partial charge in [-0.3, -0.25) is 0 Å². The molecule has 2 aromatic rings. The molecule has 18 heavy (non-hydrogen) atoms. The van der Waals surface area contributed by atoms with Gasteiger partial charge in [0.25, 0.3) is 0 Å². The maximum absolute atomic E-state index is 5.65. The number of aromatic nitrogens is 2. The van der Waals surface area contributed by atoms with Crippen LogP contribution in [0.4, 0.5) is 5.13 Å². The molecule has 2 N–H and O–H groups in total. The number of benzene rings is 1. The zero-order chi connectivity index (χ0) is 13.0. The first-order chi connectivity index (χ1) is 8.65. The number of nitrogen functional groups attached to an aromatic ring is 1. The van der Waals surface area contributed by atoms with Crippen LogP contribution in [0.5, 0.6) is 5.75 Å². The molecule has 0 radical (unpaired) electrons. The molecule has 4 nitrogen and oxygen atoms in total. The van der Waals surface area contributed by atoms with Crippen molar-refractivity contribution in [3.63, 3.8) is 0 Å². The molecule has 1 aromatic carbocycles. The number of nitrogens with zero attached hydrogens (tertiary/aromatic N) is 2. The van der Waals surface area contributed by atoms with Crippen LogP contribution in [-0.4, -0.2) is 16.8 Å². The van der Waals surface area contributed by atoms with Crippen LogP contribution in [-0.2, 0) is 6.42 Å². The average molecular weight is 263 g/mol. The van der Waals surface area contributed by atoms with E-state index in [1.54, 1.807) is 0 Å². The van der Waals surface area contributed by atoms with E-state index >= 15 is 0 Å². The van der Waals surface area contributed by atoms with Crippen LogP contribution in [0.15, 0.2) is 24.3 Å². The van der Waals surface area contributed by atoms with Gasteiger partial charge in [0.05, 0.1) is 6.61 Å². The molecule has 0 aliphatic carbocycles. The summed E-state index contributed by atoms with van der Waals surface area (Å²) in [5.74, 6) is 1.43. The van der Waals surface area contributed by atoms with Crippen molar-refractivity contribution in [2.45, 2.75) is 26.2 Å². The molecule has 0 fully saturated rings. The number of anilines is 1. The molecule has 0 atom stereocenters. The molecule has 5 heteroatoms. The van der Waals surface area contributed by atoms with Gasteiger partial charge in [0.2, 0.25) is 5.13 Å². The number of ether oxygens (including phenoxy) is 1. The van der Waals surface area contributed by atoms with E-state index in [0.717, 1.165) is 17.2 Å². The highest BCUT2D eigenvalue weighted by Gasteiger charge is 2.02. The van der Waals surface area contributed by atoms with Gasteiger partial charge >= 0.3 is 0 Å². The molecule has 96 valence electrons. The summed E-state index contributed by atoms with van der Waals surface area (Å²) in [6.07, 6.45) is 0.737. The van der Waals surface area contributed by atoms with Crippen molar-refractivity contribution in [2.24, 2.45) is 0 Å². The van der Waals surface area contributed by atoms with Crippen molar-refractivity contribution in [2.75, 3.05) is 12.3 Å². The van der Waals surface area contributed by atoms with Gasteiger partial charge in [0.15, 0.2) is 0 Å². The largest absolute Gasteiger partial charge is 0.493 e. The third kappa shape index (κ3) is 3.43. The van der Waals surface area contributed by atoms with Gasteiger partial charge in [-0.05, 0) is 23.6 Å². The van der Waals surface area contributed by atoms with Crippen LogP contribution >= 0.6 is 11.3 Å². The molecular formula is C13H17N3OS. The van der Waals surface area contributed by atoms with Crippen molar-refractivity contribution >= 4 is 16.5 Å². The molecule has 0 amide bonds. The summed E-state index contributed by atoms with van der Waals surface area (Å²) >= 11 is 1.40. The summed E-state index contributed by atoms with van der Waals surface area (Å²) in [4.78, 5) is 0. The minimum Gasteiger partial charge on any atom is -0.493 e. The number of hydrogen-bond donors (Lipinski definition) is 1. The Morgan fingerprint density at radius 3 is 2.50 bits per heavy atom. The average Bonchev–Trinajstić information content (AvgIpc) is 2.76. The van der Waals surface area contributed by atoms with Gasteiger partial charge in [0.1, 0.15) is 10.8 Å². The Hall–Kier alpha value is -1.62. The third-order valence-electron chi connectivity index (χ3n) is 2.61. The summed E-state index contributed by atoms with van der Waals surface area (Å²) < 4.78 is 5.65. The van der Waals surface area contributed by atoms with E-state index in [1.807, 2.05) is 12.1 Å². The maximum atomic E-state index is 5.65. The van der Waals surface area contributed by atoms with Gasteiger partial charge in [-0.2, -0.15) is 0 Å². The van der Waals surface area contributed by atoms with Crippen LogP contribution in [0, 0.1) is 0 Å². The molecule has 2 rings (SSSR count). The minimum absolute atomic E-state index is 0.506. The molecule has 1 heterocycles. The highest BCUT2D eigenvalue weighted by molar-refractivity contribution is 7.15. The van der Waals surface area contributed by atoms with Crippen LogP contribution in [0.3, 0.4) is 0 Å². The SMILES string of the molecule is CC(C)c1ccc(OCCc2nnc(N)s2)cc1. The molecule has 0 unspecified atom stereocenters. The Labute approximate surface area is 111 Å². The van der Waals surface area contributed by atoms with Gasteiger partial charge < -0.3 is 10.5 Å². The lowest BCUT2D eigenvalue weighted by Gasteiger charge is -2.08. The van der Waals surface area contributed by atoms with E-state index in [9.17, 15) is 0 Å². The van der Waals surface area contributed by atoms with Crippen LogP contribution < -0.4 is 10.5 Å². The Morgan fingerprint density at radius 1 is 1.22 bits per heavy atom. The van der Waals surface area contributed by atoms with E-state index in [2.05, 4.69) is 36.2 Å². The van der Waals surface area contributed by atoms with Crippen LogP contribution in [0.1, 0.15) is 30.3 Å². The van der Waals surface area contributed by atoms with E-state index in [-0.39, 0.29) is 0 Å². The lowest BCUT2D eigenvalue weighted by molar-refractivity contribution is 0.321. The van der Waals surface area contributed by atoms with Gasteiger partial charge in [-0.15, -0.1) is 10.2 Å². The molecule has 0 spiro atoms. The fourth-order valence-electron chi connectivity index (χ4n) is 1.57. The molecule has 0 bridgehead atoms. The first kappa shape index (κ1) is 12.8. The summed E-state index contributed by atoms with van der Waals surface area (Å²) in [6.45, 7) is 4.95. The standard InChI is InChI=1S/C13H17N3OS/c1-9(2)10-3-5-11(6-4-10)17-8-7-12-15-16-13(14)18-12/h3-6,9H,7-8H2,1-2H3,(H2,14,16). The third-order valence-corrected chi connectivity index (χ3v) is 3.43. The van der Waals surface area contributed by atoms with Crippen LogP contribution in [0.2, 0.25) is 0 Å². The van der Waals surface area contributed by atoms with Crippen molar-refractivity contribution in [3.8, 4) is 5.75 Å². The lowest BCUT2D eigenvalue weighted by Crippen LogP contribution is -2.01. The number of nitrogens with two attached hydrogens (primary N) is 1. The minimum atomic E-state index is 0.506. The second-order valence-corrected chi connectivity index (χ2v) is 5.45. The van der Waals surface area contributed by atoms with Crippen molar-refractivity contribution in [3.05, 3.63) is 34.8 Å². The molecule has 1 aromatic heterocycles. The van der Waals surface area contributed by atoms with E-state index in [4.69, 9.17) is 10.5 Å². The fraction of sp³-hybridized carbons (Fsp3) is 0.385. The number of hydrogen-bond acceptors (Lipinski definition) is 5. The lowest BCUT2D eigenvalue weighted by atomic mass is 10.0. The van der Waals surface area contributed by atoms with Crippen molar-refractivity contribution in [1.29, 1.82) is 0 Å². The fourth-order valence-corrected chi connectivity index (χ4v) is 2.16. The number of rotatable bonds is 5. The highest BCUT2D eigenvalue weighted by atomic mass is 32.1. The summed E-state index contributed by atoms with van der Waals surface area (Å²) in [6, 6.07) is 8.21. The van der Waals surface area contributed by atoms with Crippen molar-refractivity contribution in [1.82, 2.24) is 10.2 Å². The Morgan fingerprint density at radius 2 is 1.94 bits per heavy atom. The zero-order valence-electron chi connectivity index (χ0n) is 10.6. The summed E-state index contributed by atoms with van der Waals surface area (Å²) in [7, 11) is 0. The first-order valence-corrected chi connectivity index (χ1v) is 6.77. The predicted molar refractivity (Wildman–Crippen MR) is 74.1 cm³/mol. The second kappa shape index (κ2) is 5.82. The Balaban J connectivity index is 1.83. The van der Waals surface area contributed by atoms with Crippen molar-refractivity contribution < 1.29 is 4.74 Å². The molecule has 0 saturated heterocycles. The summed E-state index contributed by atoms with van der Waals surface area (Å²) in [5.41, 5.74) is 6.83. The smallest absolute Gasteiger partial charge is 0.203 e. The Kier molecular flexibility index (Phi) is 4.15. The zero-order valence-corrected chi connectivity index (χ0v) is 11.4. The van der Waals surface area contributed by atoms with Gasteiger partial charge in [-0.25, -0.2) is 0 Å². The Bertz CT molecular complexity index is 493. The predicted octanol–water partition coefficient (Wildman–Crippen LogP) is 2.87. The molecule has 0 aliphatic heterocycles. The van der Waals surface area contributed by atoms with Gasteiger partial charge in [0, 0.05) is 6.42 Å². The highest BCUT2D eigenvalue weighted by Crippen LogP contribution is 2.19. The van der Waals surface area contributed by atoms with E-state index in [1.165, 1.54) is 16.9 Å². The quantitative estimate of drug-likeness (QED) is 0.901. The topological polar surface area (TPSA) is 61.0 Å².